The van der Waals surface area contributed by atoms with Crippen LogP contribution in [-0.2, 0) is 14.3 Å². The van der Waals surface area contributed by atoms with Crippen LogP contribution in [0.1, 0.15) is 6.92 Å². The lowest BCUT2D eigenvalue weighted by atomic mass is 10.3. The first-order valence-corrected chi connectivity index (χ1v) is 3.27. The van der Waals surface area contributed by atoms with Gasteiger partial charge in [0.15, 0.2) is 6.10 Å². The summed E-state index contributed by atoms with van der Waals surface area (Å²) in [6, 6.07) is 0. The van der Waals surface area contributed by atoms with Crippen molar-refractivity contribution in [3.8, 4) is 0 Å². The number of nitrogens with two attached hydrogens (primary N) is 1. The summed E-state index contributed by atoms with van der Waals surface area (Å²) in [7, 11) is 0. The molecule has 12 heavy (non-hydrogen) atoms. The molecule has 0 aliphatic rings. The second-order valence-corrected chi connectivity index (χ2v) is 2.24. The van der Waals surface area contributed by atoms with E-state index in [9.17, 15) is 9.59 Å². The number of amides is 1. The maximum absolute atomic E-state index is 10.8. The van der Waals surface area contributed by atoms with Gasteiger partial charge in [0, 0.05) is 5.57 Å². The monoisotopic (exact) mass is 169 g/mol. The first kappa shape index (κ1) is 10.4. The van der Waals surface area contributed by atoms with Crippen LogP contribution in [0.3, 0.4) is 0 Å². The van der Waals surface area contributed by atoms with Crippen molar-refractivity contribution in [2.45, 2.75) is 13.0 Å². The average Bonchev–Trinajstić information content (AvgIpc) is 1.98. The highest BCUT2D eigenvalue weighted by Crippen LogP contribution is 1.98. The third kappa shape index (κ3) is 3.01. The van der Waals surface area contributed by atoms with Crippen molar-refractivity contribution in [3.05, 3.63) is 24.8 Å². The van der Waals surface area contributed by atoms with Crippen LogP contribution in [0.2, 0.25) is 0 Å². The SMILES string of the molecule is C=CC(OC(=O)C(=C)C)C(N)=O. The van der Waals surface area contributed by atoms with Gasteiger partial charge < -0.3 is 10.5 Å². The zero-order valence-electron chi connectivity index (χ0n) is 6.87. The van der Waals surface area contributed by atoms with Gasteiger partial charge in [-0.2, -0.15) is 0 Å². The van der Waals surface area contributed by atoms with Crippen LogP contribution < -0.4 is 5.73 Å². The van der Waals surface area contributed by atoms with Crippen LogP contribution in [-0.4, -0.2) is 18.0 Å². The van der Waals surface area contributed by atoms with Crippen LogP contribution in [0.4, 0.5) is 0 Å². The number of hydrogen-bond donors (Lipinski definition) is 1. The predicted molar refractivity (Wildman–Crippen MR) is 44.1 cm³/mol. The van der Waals surface area contributed by atoms with E-state index in [-0.39, 0.29) is 5.57 Å². The molecule has 0 aliphatic carbocycles. The predicted octanol–water partition coefficient (Wildman–Crippen LogP) is 0.146. The number of carbonyl (C=O) groups excluding carboxylic acids is 2. The van der Waals surface area contributed by atoms with Gasteiger partial charge in [-0.05, 0) is 13.0 Å². The highest BCUT2D eigenvalue weighted by atomic mass is 16.5. The molecular weight excluding hydrogens is 158 g/mol. The summed E-state index contributed by atoms with van der Waals surface area (Å²) in [5.74, 6) is -1.40. The first-order chi connectivity index (χ1) is 5.49. The van der Waals surface area contributed by atoms with Gasteiger partial charge in [-0.1, -0.05) is 13.2 Å². The standard InChI is InChI=1S/C8H11NO3/c1-4-6(7(9)10)12-8(11)5(2)3/h4,6H,1-2H2,3H3,(H2,9,10). The molecule has 0 aromatic heterocycles. The summed E-state index contributed by atoms with van der Waals surface area (Å²) in [5, 5.41) is 0. The Hall–Kier alpha value is -1.58. The van der Waals surface area contributed by atoms with Crippen LogP contribution in [0.15, 0.2) is 24.8 Å². The van der Waals surface area contributed by atoms with E-state index in [2.05, 4.69) is 17.9 Å². The summed E-state index contributed by atoms with van der Waals surface area (Å²) in [6.45, 7) is 8.10. The lowest BCUT2D eigenvalue weighted by Gasteiger charge is -2.09. The third-order valence-corrected chi connectivity index (χ3v) is 1.08. The van der Waals surface area contributed by atoms with E-state index >= 15 is 0 Å². The van der Waals surface area contributed by atoms with E-state index in [1.165, 1.54) is 6.92 Å². The van der Waals surface area contributed by atoms with Gasteiger partial charge in [-0.15, -0.1) is 0 Å². The third-order valence-electron chi connectivity index (χ3n) is 1.08. The molecule has 1 atom stereocenters. The number of carbonyl (C=O) groups is 2. The molecule has 0 radical (unpaired) electrons. The second kappa shape index (κ2) is 4.33. The Kier molecular flexibility index (Phi) is 3.76. The normalized spacial score (nSPS) is 11.4. The van der Waals surface area contributed by atoms with Gasteiger partial charge in [0.1, 0.15) is 0 Å². The smallest absolute Gasteiger partial charge is 0.334 e. The van der Waals surface area contributed by atoms with E-state index in [1.54, 1.807) is 0 Å². The van der Waals surface area contributed by atoms with E-state index in [4.69, 9.17) is 5.73 Å². The van der Waals surface area contributed by atoms with Crippen LogP contribution >= 0.6 is 0 Å². The summed E-state index contributed by atoms with van der Waals surface area (Å²) < 4.78 is 4.59. The fourth-order valence-electron chi connectivity index (χ4n) is 0.438. The molecule has 0 aliphatic heterocycles. The van der Waals surface area contributed by atoms with E-state index in [0.717, 1.165) is 6.08 Å². The number of ether oxygens (including phenoxy) is 1. The van der Waals surface area contributed by atoms with Crippen LogP contribution in [0, 0.1) is 0 Å². The first-order valence-electron chi connectivity index (χ1n) is 3.27. The molecule has 0 saturated carbocycles. The molecule has 0 fully saturated rings. The minimum atomic E-state index is -1.07. The molecule has 0 bridgehead atoms. The maximum Gasteiger partial charge on any atom is 0.334 e. The van der Waals surface area contributed by atoms with Crippen LogP contribution in [0.25, 0.3) is 0 Å². The van der Waals surface area contributed by atoms with E-state index in [0.29, 0.717) is 0 Å². The van der Waals surface area contributed by atoms with Crippen molar-refractivity contribution >= 4 is 11.9 Å². The number of primary amides is 1. The van der Waals surface area contributed by atoms with Crippen LogP contribution in [0.5, 0.6) is 0 Å². The minimum Gasteiger partial charge on any atom is -0.445 e. The number of hydrogen-bond acceptors (Lipinski definition) is 3. The molecule has 0 aromatic rings. The van der Waals surface area contributed by atoms with Gasteiger partial charge in [-0.3, -0.25) is 4.79 Å². The molecule has 4 nitrogen and oxygen atoms in total. The topological polar surface area (TPSA) is 69.4 Å². The number of esters is 1. The number of rotatable bonds is 4. The maximum atomic E-state index is 10.8. The molecule has 66 valence electrons. The summed E-state index contributed by atoms with van der Waals surface area (Å²) in [4.78, 5) is 21.4. The van der Waals surface area contributed by atoms with Gasteiger partial charge in [0.2, 0.25) is 0 Å². The largest absolute Gasteiger partial charge is 0.445 e. The molecule has 0 saturated heterocycles. The lowest BCUT2D eigenvalue weighted by molar-refractivity contribution is -0.148. The van der Waals surface area contributed by atoms with E-state index < -0.39 is 18.0 Å². The highest BCUT2D eigenvalue weighted by Gasteiger charge is 2.16. The van der Waals surface area contributed by atoms with Crippen molar-refractivity contribution in [3.63, 3.8) is 0 Å². The van der Waals surface area contributed by atoms with Gasteiger partial charge in [0.05, 0.1) is 0 Å². The summed E-state index contributed by atoms with van der Waals surface area (Å²) >= 11 is 0. The summed E-state index contributed by atoms with van der Waals surface area (Å²) in [6.07, 6.45) is 0.0811. The quantitative estimate of drug-likeness (QED) is 0.370. The molecule has 0 heterocycles. The molecule has 1 amide bonds. The molecular formula is C8H11NO3. The second-order valence-electron chi connectivity index (χ2n) is 2.24. The molecule has 2 N–H and O–H groups in total. The summed E-state index contributed by atoms with van der Waals surface area (Å²) in [5.41, 5.74) is 5.09. The van der Waals surface area contributed by atoms with Gasteiger partial charge in [-0.25, -0.2) is 4.79 Å². The Morgan fingerprint density at radius 2 is 2.08 bits per heavy atom. The lowest BCUT2D eigenvalue weighted by Crippen LogP contribution is -2.31. The fourth-order valence-corrected chi connectivity index (χ4v) is 0.438. The Balaban J connectivity index is 4.22. The molecule has 0 rings (SSSR count). The Morgan fingerprint density at radius 3 is 2.33 bits per heavy atom. The molecule has 0 spiro atoms. The zero-order chi connectivity index (χ0) is 9.72. The Labute approximate surface area is 70.7 Å². The molecule has 1 unspecified atom stereocenters. The van der Waals surface area contributed by atoms with Crippen molar-refractivity contribution in [1.29, 1.82) is 0 Å². The molecule has 0 aromatic carbocycles. The molecule has 4 heteroatoms. The van der Waals surface area contributed by atoms with Crippen molar-refractivity contribution in [2.24, 2.45) is 5.73 Å². The highest BCUT2D eigenvalue weighted by molar-refractivity contribution is 5.90. The zero-order valence-corrected chi connectivity index (χ0v) is 6.87. The van der Waals surface area contributed by atoms with Crippen molar-refractivity contribution in [2.75, 3.05) is 0 Å². The van der Waals surface area contributed by atoms with Crippen molar-refractivity contribution < 1.29 is 14.3 Å². The Morgan fingerprint density at radius 1 is 1.58 bits per heavy atom. The average molecular weight is 169 g/mol. The van der Waals surface area contributed by atoms with Crippen molar-refractivity contribution in [1.82, 2.24) is 0 Å². The Bertz CT molecular complexity index is 232. The minimum absolute atomic E-state index is 0.211. The van der Waals surface area contributed by atoms with Gasteiger partial charge >= 0.3 is 5.97 Å². The van der Waals surface area contributed by atoms with E-state index in [1.807, 2.05) is 0 Å². The van der Waals surface area contributed by atoms with Gasteiger partial charge in [0.25, 0.3) is 5.91 Å². The fraction of sp³-hybridized carbons (Fsp3) is 0.250.